The number of hydrogen-bond donors (Lipinski definition) is 0. The van der Waals surface area contributed by atoms with Crippen molar-refractivity contribution in [1.82, 2.24) is 0 Å². The Labute approximate surface area is 91.3 Å². The van der Waals surface area contributed by atoms with Crippen LogP contribution in [0.5, 0.6) is 0 Å². The minimum Gasteiger partial charge on any atom is -0.377 e. The largest absolute Gasteiger partial charge is 0.377 e. The second-order valence-electron chi connectivity index (χ2n) is 4.15. The maximum Gasteiger partial charge on any atom is 0.188 e. The molecule has 2 heteroatoms. The zero-order chi connectivity index (χ0) is 11.3. The van der Waals surface area contributed by atoms with Gasteiger partial charge in [0.1, 0.15) is 6.61 Å². The number of rotatable bonds is 5. The highest BCUT2D eigenvalue weighted by atomic mass is 16.5. The molecular formula is C13H18O2. The molecule has 0 spiro atoms. The predicted octanol–water partition coefficient (Wildman–Crippen LogP) is 2.71. The molecule has 0 saturated heterocycles. The van der Waals surface area contributed by atoms with Crippen molar-refractivity contribution >= 4 is 5.78 Å². The quantitative estimate of drug-likeness (QED) is 0.692. The summed E-state index contributed by atoms with van der Waals surface area (Å²) >= 11 is 0. The molecule has 0 fully saturated rings. The van der Waals surface area contributed by atoms with E-state index in [0.717, 1.165) is 12.0 Å². The molecule has 0 saturated carbocycles. The number of Topliss-reactive ketones (excluding diaryl/α,β-unsaturated/α-hetero) is 1. The van der Waals surface area contributed by atoms with E-state index in [1.807, 2.05) is 18.2 Å². The SMILES string of the molecule is COCC(=O)c1cccc(CC(C)C)c1. The fourth-order valence-corrected chi connectivity index (χ4v) is 1.56. The second kappa shape index (κ2) is 5.66. The summed E-state index contributed by atoms with van der Waals surface area (Å²) < 4.78 is 4.83. The van der Waals surface area contributed by atoms with Crippen LogP contribution in [0.4, 0.5) is 0 Å². The Morgan fingerprint density at radius 1 is 1.40 bits per heavy atom. The third-order valence-corrected chi connectivity index (χ3v) is 2.17. The summed E-state index contributed by atoms with van der Waals surface area (Å²) in [4.78, 5) is 11.6. The molecule has 2 nitrogen and oxygen atoms in total. The Hall–Kier alpha value is -1.15. The van der Waals surface area contributed by atoms with Crippen LogP contribution >= 0.6 is 0 Å². The molecule has 15 heavy (non-hydrogen) atoms. The first-order valence-corrected chi connectivity index (χ1v) is 5.24. The summed E-state index contributed by atoms with van der Waals surface area (Å²) in [5.41, 5.74) is 1.96. The van der Waals surface area contributed by atoms with E-state index in [2.05, 4.69) is 19.9 Å². The number of hydrogen-bond acceptors (Lipinski definition) is 2. The van der Waals surface area contributed by atoms with Gasteiger partial charge in [-0.1, -0.05) is 32.0 Å². The number of carbonyl (C=O) groups excluding carboxylic acids is 1. The van der Waals surface area contributed by atoms with E-state index in [0.29, 0.717) is 5.92 Å². The molecule has 0 aliphatic carbocycles. The van der Waals surface area contributed by atoms with Gasteiger partial charge in [-0.3, -0.25) is 4.79 Å². The van der Waals surface area contributed by atoms with Crippen LogP contribution in [-0.4, -0.2) is 19.5 Å². The first-order valence-electron chi connectivity index (χ1n) is 5.24. The van der Waals surface area contributed by atoms with Crippen molar-refractivity contribution in [3.63, 3.8) is 0 Å². The molecule has 0 atom stereocenters. The highest BCUT2D eigenvalue weighted by Gasteiger charge is 2.06. The van der Waals surface area contributed by atoms with Crippen molar-refractivity contribution in [2.75, 3.05) is 13.7 Å². The Morgan fingerprint density at radius 3 is 2.73 bits per heavy atom. The van der Waals surface area contributed by atoms with Gasteiger partial charge in [-0.05, 0) is 24.0 Å². The van der Waals surface area contributed by atoms with Crippen LogP contribution in [0.1, 0.15) is 29.8 Å². The molecule has 0 bridgehead atoms. The van der Waals surface area contributed by atoms with E-state index in [-0.39, 0.29) is 12.4 Å². The van der Waals surface area contributed by atoms with E-state index >= 15 is 0 Å². The minimum atomic E-state index is 0.0445. The maximum absolute atomic E-state index is 11.6. The first kappa shape index (κ1) is 11.9. The lowest BCUT2D eigenvalue weighted by Gasteiger charge is -2.06. The summed E-state index contributed by atoms with van der Waals surface area (Å²) in [5, 5.41) is 0. The second-order valence-corrected chi connectivity index (χ2v) is 4.15. The first-order chi connectivity index (χ1) is 7.13. The summed E-state index contributed by atoms with van der Waals surface area (Å²) in [6.07, 6.45) is 1.01. The zero-order valence-corrected chi connectivity index (χ0v) is 9.62. The van der Waals surface area contributed by atoms with Crippen molar-refractivity contribution in [3.8, 4) is 0 Å². The van der Waals surface area contributed by atoms with Crippen molar-refractivity contribution in [2.45, 2.75) is 20.3 Å². The van der Waals surface area contributed by atoms with E-state index in [1.54, 1.807) is 0 Å². The van der Waals surface area contributed by atoms with E-state index in [1.165, 1.54) is 12.7 Å². The van der Waals surface area contributed by atoms with Gasteiger partial charge in [-0.15, -0.1) is 0 Å². The molecule has 0 aliphatic rings. The highest BCUT2D eigenvalue weighted by molar-refractivity contribution is 5.97. The molecule has 0 aromatic heterocycles. The lowest BCUT2D eigenvalue weighted by molar-refractivity contribution is 0.0848. The number of methoxy groups -OCH3 is 1. The zero-order valence-electron chi connectivity index (χ0n) is 9.62. The van der Waals surface area contributed by atoms with Gasteiger partial charge in [0.15, 0.2) is 5.78 Å². The average molecular weight is 206 g/mol. The molecule has 0 amide bonds. The molecule has 0 heterocycles. The lowest BCUT2D eigenvalue weighted by atomic mass is 10.00. The topological polar surface area (TPSA) is 26.3 Å². The van der Waals surface area contributed by atoms with Crippen molar-refractivity contribution in [3.05, 3.63) is 35.4 Å². The minimum absolute atomic E-state index is 0.0445. The standard InChI is InChI=1S/C13H18O2/c1-10(2)7-11-5-4-6-12(8-11)13(14)9-15-3/h4-6,8,10H,7,9H2,1-3H3. The van der Waals surface area contributed by atoms with Crippen molar-refractivity contribution in [1.29, 1.82) is 0 Å². The molecule has 1 aromatic rings. The normalized spacial score (nSPS) is 10.7. The monoisotopic (exact) mass is 206 g/mol. The van der Waals surface area contributed by atoms with Crippen LogP contribution < -0.4 is 0 Å². The summed E-state index contributed by atoms with van der Waals surface area (Å²) in [6.45, 7) is 4.50. The molecule has 1 aromatic carbocycles. The van der Waals surface area contributed by atoms with Gasteiger partial charge >= 0.3 is 0 Å². The van der Waals surface area contributed by atoms with Crippen molar-refractivity contribution in [2.24, 2.45) is 5.92 Å². The van der Waals surface area contributed by atoms with Crippen LogP contribution in [-0.2, 0) is 11.2 Å². The van der Waals surface area contributed by atoms with E-state index in [9.17, 15) is 4.79 Å². The lowest BCUT2D eigenvalue weighted by Crippen LogP contribution is -2.07. The van der Waals surface area contributed by atoms with Crippen LogP contribution in [0.3, 0.4) is 0 Å². The average Bonchev–Trinajstić information content (AvgIpc) is 2.17. The van der Waals surface area contributed by atoms with E-state index < -0.39 is 0 Å². The molecule has 82 valence electrons. The molecule has 0 unspecified atom stereocenters. The Bertz CT molecular complexity index is 329. The summed E-state index contributed by atoms with van der Waals surface area (Å²) in [7, 11) is 1.54. The van der Waals surface area contributed by atoms with Gasteiger partial charge < -0.3 is 4.74 Å². The summed E-state index contributed by atoms with van der Waals surface area (Å²) in [5.74, 6) is 0.654. The van der Waals surface area contributed by atoms with Gasteiger partial charge in [0.2, 0.25) is 0 Å². The van der Waals surface area contributed by atoms with Crippen molar-refractivity contribution < 1.29 is 9.53 Å². The highest BCUT2D eigenvalue weighted by Crippen LogP contribution is 2.11. The molecule has 1 rings (SSSR count). The fourth-order valence-electron chi connectivity index (χ4n) is 1.56. The molecular weight excluding hydrogens is 188 g/mol. The fraction of sp³-hybridized carbons (Fsp3) is 0.462. The van der Waals surface area contributed by atoms with E-state index in [4.69, 9.17) is 4.74 Å². The Balaban J connectivity index is 2.78. The molecule has 0 aliphatic heterocycles. The van der Waals surface area contributed by atoms with Gasteiger partial charge in [0, 0.05) is 12.7 Å². The number of benzene rings is 1. The summed E-state index contributed by atoms with van der Waals surface area (Å²) in [6, 6.07) is 7.79. The van der Waals surface area contributed by atoms with Gasteiger partial charge in [-0.25, -0.2) is 0 Å². The number of ketones is 1. The molecule has 0 radical (unpaired) electrons. The van der Waals surface area contributed by atoms with Crippen LogP contribution in [0.15, 0.2) is 24.3 Å². The van der Waals surface area contributed by atoms with Gasteiger partial charge in [-0.2, -0.15) is 0 Å². The number of ether oxygens (including phenoxy) is 1. The predicted molar refractivity (Wildman–Crippen MR) is 61.2 cm³/mol. The number of carbonyl (C=O) groups is 1. The van der Waals surface area contributed by atoms with Crippen LogP contribution in [0.2, 0.25) is 0 Å². The smallest absolute Gasteiger partial charge is 0.188 e. The molecule has 0 N–H and O–H groups in total. The third-order valence-electron chi connectivity index (χ3n) is 2.17. The Morgan fingerprint density at radius 2 is 2.13 bits per heavy atom. The van der Waals surface area contributed by atoms with Crippen LogP contribution in [0, 0.1) is 5.92 Å². The Kier molecular flexibility index (Phi) is 4.50. The maximum atomic E-state index is 11.6. The van der Waals surface area contributed by atoms with Crippen LogP contribution in [0.25, 0.3) is 0 Å². The third kappa shape index (κ3) is 3.84. The van der Waals surface area contributed by atoms with Gasteiger partial charge in [0.25, 0.3) is 0 Å². The van der Waals surface area contributed by atoms with Gasteiger partial charge in [0.05, 0.1) is 0 Å².